The van der Waals surface area contributed by atoms with Gasteiger partial charge in [0.25, 0.3) is 0 Å². The predicted octanol–water partition coefficient (Wildman–Crippen LogP) is 4.55. The van der Waals surface area contributed by atoms with E-state index in [2.05, 4.69) is 19.2 Å². The molecule has 134 valence electrons. The Morgan fingerprint density at radius 2 is 1.48 bits per heavy atom. The first-order valence-corrected chi connectivity index (χ1v) is 7.48. The molecule has 0 bridgehead atoms. The number of hydrogen-bond acceptors (Lipinski definition) is 2. The van der Waals surface area contributed by atoms with Crippen molar-refractivity contribution in [1.82, 2.24) is 10.2 Å². The van der Waals surface area contributed by atoms with Crippen LogP contribution in [0.15, 0.2) is 24.3 Å². The van der Waals surface area contributed by atoms with Crippen LogP contribution in [0.25, 0.3) is 0 Å². The molecule has 0 unspecified atom stereocenters. The van der Waals surface area contributed by atoms with Gasteiger partial charge in [-0.1, -0.05) is 38.1 Å². The van der Waals surface area contributed by atoms with Crippen LogP contribution in [-0.4, -0.2) is 37.3 Å². The van der Waals surface area contributed by atoms with Crippen LogP contribution in [0.5, 0.6) is 0 Å². The monoisotopic (exact) mass is 372 g/mol. The standard InChI is InChI=1S/C16H23F3N2.2ClH/c1-12(2)13-3-5-14(6-4-13)15(11-16(17,18)19)21-9-7-20-8-10-21;;/h3-6,12,15,20H,7-11H2,1-2H3;2*1H/t15-;;/m0../s1. The second kappa shape index (κ2) is 9.72. The van der Waals surface area contributed by atoms with E-state index >= 15 is 0 Å². The molecule has 7 heteroatoms. The third-order valence-electron chi connectivity index (χ3n) is 4.01. The molecule has 1 heterocycles. The molecule has 2 rings (SSSR count). The Labute approximate surface area is 148 Å². The number of halogens is 5. The van der Waals surface area contributed by atoms with Crippen LogP contribution in [0.1, 0.15) is 43.4 Å². The molecule has 2 nitrogen and oxygen atoms in total. The van der Waals surface area contributed by atoms with E-state index in [-0.39, 0.29) is 24.8 Å². The maximum Gasteiger partial charge on any atom is 0.390 e. The van der Waals surface area contributed by atoms with E-state index < -0.39 is 18.6 Å². The van der Waals surface area contributed by atoms with Crippen LogP contribution < -0.4 is 5.32 Å². The summed E-state index contributed by atoms with van der Waals surface area (Å²) in [6.07, 6.45) is -4.93. The lowest BCUT2D eigenvalue weighted by atomic mass is 9.96. The highest BCUT2D eigenvalue weighted by Gasteiger charge is 2.35. The predicted molar refractivity (Wildman–Crippen MR) is 92.9 cm³/mol. The van der Waals surface area contributed by atoms with E-state index in [0.717, 1.165) is 24.2 Å². The molecule has 0 spiro atoms. The Kier molecular flexibility index (Phi) is 9.51. The van der Waals surface area contributed by atoms with Gasteiger partial charge in [-0.05, 0) is 17.0 Å². The first-order chi connectivity index (χ1) is 9.87. The van der Waals surface area contributed by atoms with Crippen LogP contribution >= 0.6 is 24.8 Å². The quantitative estimate of drug-likeness (QED) is 0.833. The van der Waals surface area contributed by atoms with Gasteiger partial charge in [-0.15, -0.1) is 24.8 Å². The molecule has 1 N–H and O–H groups in total. The minimum Gasteiger partial charge on any atom is -0.314 e. The molecule has 0 amide bonds. The molecule has 1 aromatic rings. The number of piperazine rings is 1. The third kappa shape index (κ3) is 6.87. The molecule has 0 radical (unpaired) electrons. The summed E-state index contributed by atoms with van der Waals surface area (Å²) in [5.41, 5.74) is 1.92. The molecule has 1 fully saturated rings. The molecular formula is C16H25Cl2F3N2. The van der Waals surface area contributed by atoms with E-state index in [4.69, 9.17) is 0 Å². The lowest BCUT2D eigenvalue weighted by molar-refractivity contribution is -0.148. The van der Waals surface area contributed by atoms with Gasteiger partial charge in [0.05, 0.1) is 6.42 Å². The van der Waals surface area contributed by atoms with Crippen LogP contribution in [0.2, 0.25) is 0 Å². The van der Waals surface area contributed by atoms with Crippen molar-refractivity contribution in [3.63, 3.8) is 0 Å². The fourth-order valence-corrected chi connectivity index (χ4v) is 2.77. The average Bonchev–Trinajstić information content (AvgIpc) is 2.45. The number of nitrogens with zero attached hydrogens (tertiary/aromatic N) is 1. The van der Waals surface area contributed by atoms with Gasteiger partial charge in [-0.3, -0.25) is 4.90 Å². The molecule has 1 aromatic carbocycles. The lowest BCUT2D eigenvalue weighted by Crippen LogP contribution is -2.46. The van der Waals surface area contributed by atoms with Crippen molar-refractivity contribution in [2.75, 3.05) is 26.2 Å². The summed E-state index contributed by atoms with van der Waals surface area (Å²) in [5, 5.41) is 3.19. The van der Waals surface area contributed by atoms with Gasteiger partial charge < -0.3 is 5.32 Å². The SMILES string of the molecule is CC(C)c1ccc([C@H](CC(F)(F)F)N2CCNCC2)cc1.Cl.Cl. The Morgan fingerprint density at radius 1 is 1.00 bits per heavy atom. The van der Waals surface area contributed by atoms with Gasteiger partial charge in [0.15, 0.2) is 0 Å². The Balaban J connectivity index is 0.00000242. The summed E-state index contributed by atoms with van der Waals surface area (Å²) in [7, 11) is 0. The molecule has 0 saturated carbocycles. The Bertz CT molecular complexity index is 444. The van der Waals surface area contributed by atoms with Crippen molar-refractivity contribution < 1.29 is 13.2 Å². The largest absolute Gasteiger partial charge is 0.390 e. The van der Waals surface area contributed by atoms with Crippen LogP contribution in [0, 0.1) is 0 Å². The molecule has 0 aliphatic carbocycles. The topological polar surface area (TPSA) is 15.3 Å². The average molecular weight is 373 g/mol. The van der Waals surface area contributed by atoms with Crippen molar-refractivity contribution in [3.8, 4) is 0 Å². The van der Waals surface area contributed by atoms with Gasteiger partial charge in [0, 0.05) is 32.2 Å². The fraction of sp³-hybridized carbons (Fsp3) is 0.625. The molecule has 1 saturated heterocycles. The maximum atomic E-state index is 12.9. The lowest BCUT2D eigenvalue weighted by Gasteiger charge is -2.35. The van der Waals surface area contributed by atoms with Crippen molar-refractivity contribution >= 4 is 24.8 Å². The van der Waals surface area contributed by atoms with E-state index in [9.17, 15) is 13.2 Å². The first-order valence-electron chi connectivity index (χ1n) is 7.48. The van der Waals surface area contributed by atoms with Crippen molar-refractivity contribution in [1.29, 1.82) is 0 Å². The zero-order chi connectivity index (χ0) is 15.5. The van der Waals surface area contributed by atoms with Gasteiger partial charge >= 0.3 is 6.18 Å². The molecular weight excluding hydrogens is 348 g/mol. The minimum absolute atomic E-state index is 0. The summed E-state index contributed by atoms with van der Waals surface area (Å²) in [4.78, 5) is 1.94. The molecule has 0 aromatic heterocycles. The highest BCUT2D eigenvalue weighted by atomic mass is 35.5. The van der Waals surface area contributed by atoms with Crippen LogP contribution in [-0.2, 0) is 0 Å². The molecule has 23 heavy (non-hydrogen) atoms. The van der Waals surface area contributed by atoms with E-state index in [1.165, 1.54) is 0 Å². The number of alkyl halides is 3. The number of nitrogens with one attached hydrogen (secondary N) is 1. The summed E-state index contributed by atoms with van der Waals surface area (Å²) in [5.74, 6) is 0.388. The van der Waals surface area contributed by atoms with E-state index in [1.54, 1.807) is 0 Å². The second-order valence-corrected chi connectivity index (χ2v) is 5.94. The zero-order valence-corrected chi connectivity index (χ0v) is 15.0. The van der Waals surface area contributed by atoms with Crippen LogP contribution in [0.3, 0.4) is 0 Å². The van der Waals surface area contributed by atoms with Crippen LogP contribution in [0.4, 0.5) is 13.2 Å². The van der Waals surface area contributed by atoms with Crippen molar-refractivity contribution in [3.05, 3.63) is 35.4 Å². The van der Waals surface area contributed by atoms with Gasteiger partial charge in [-0.25, -0.2) is 0 Å². The fourth-order valence-electron chi connectivity index (χ4n) is 2.77. The van der Waals surface area contributed by atoms with Crippen molar-refractivity contribution in [2.45, 2.75) is 38.4 Å². The Morgan fingerprint density at radius 3 is 1.91 bits per heavy atom. The third-order valence-corrected chi connectivity index (χ3v) is 4.01. The highest BCUT2D eigenvalue weighted by molar-refractivity contribution is 5.85. The van der Waals surface area contributed by atoms with Crippen molar-refractivity contribution in [2.24, 2.45) is 0 Å². The number of rotatable bonds is 4. The summed E-state index contributed by atoms with van der Waals surface area (Å²) in [6, 6.07) is 7.03. The van der Waals surface area contributed by atoms with Gasteiger partial charge in [0.2, 0.25) is 0 Å². The van der Waals surface area contributed by atoms with E-state index in [1.807, 2.05) is 29.2 Å². The van der Waals surface area contributed by atoms with E-state index in [0.29, 0.717) is 19.0 Å². The maximum absolute atomic E-state index is 12.9. The number of benzene rings is 1. The summed E-state index contributed by atoms with van der Waals surface area (Å²) >= 11 is 0. The smallest absolute Gasteiger partial charge is 0.314 e. The van der Waals surface area contributed by atoms with Gasteiger partial charge in [0.1, 0.15) is 0 Å². The molecule has 1 aliphatic heterocycles. The number of hydrogen-bond donors (Lipinski definition) is 1. The Hall–Kier alpha value is -0.490. The highest BCUT2D eigenvalue weighted by Crippen LogP contribution is 2.34. The zero-order valence-electron chi connectivity index (χ0n) is 13.4. The summed E-state index contributed by atoms with van der Waals surface area (Å²) in [6.45, 7) is 6.98. The molecule has 1 atom stereocenters. The summed E-state index contributed by atoms with van der Waals surface area (Å²) < 4.78 is 38.7. The first kappa shape index (κ1) is 22.5. The normalized spacial score (nSPS) is 17.3. The molecule has 1 aliphatic rings. The minimum atomic E-state index is -4.15. The second-order valence-electron chi connectivity index (χ2n) is 5.94. The van der Waals surface area contributed by atoms with Gasteiger partial charge in [-0.2, -0.15) is 13.2 Å².